The van der Waals surface area contributed by atoms with Gasteiger partial charge in [-0.1, -0.05) is 29.8 Å². The quantitative estimate of drug-likeness (QED) is 0.886. The predicted molar refractivity (Wildman–Crippen MR) is 98.2 cm³/mol. The van der Waals surface area contributed by atoms with Gasteiger partial charge < -0.3 is 15.0 Å². The van der Waals surface area contributed by atoms with Gasteiger partial charge in [-0.3, -0.25) is 9.59 Å². The Morgan fingerprint density at radius 3 is 2.84 bits per heavy atom. The number of nitrogens with zero attached hydrogens (tertiary/aromatic N) is 1. The third kappa shape index (κ3) is 3.94. The maximum absolute atomic E-state index is 12.6. The second-order valence-electron chi connectivity index (χ2n) is 5.80. The third-order valence-corrected chi connectivity index (χ3v) is 4.30. The lowest BCUT2D eigenvalue weighted by Crippen LogP contribution is -2.28. The summed E-state index contributed by atoms with van der Waals surface area (Å²) in [5, 5.41) is 3.43. The lowest BCUT2D eigenvalue weighted by atomic mass is 10.1. The number of hydrogen-bond acceptors (Lipinski definition) is 3. The molecule has 3 rings (SSSR count). The molecule has 6 heteroatoms. The molecule has 0 spiro atoms. The van der Waals surface area contributed by atoms with Crippen LogP contribution in [0.15, 0.2) is 48.5 Å². The largest absolute Gasteiger partial charge is 0.492 e. The maximum Gasteiger partial charge on any atom is 0.229 e. The number of para-hydroxylation sites is 2. The highest BCUT2D eigenvalue weighted by Gasteiger charge is 2.35. The molecule has 2 amide bonds. The van der Waals surface area contributed by atoms with Crippen molar-refractivity contribution in [1.82, 2.24) is 0 Å². The zero-order chi connectivity index (χ0) is 17.8. The van der Waals surface area contributed by atoms with Gasteiger partial charge in [-0.05, 0) is 37.3 Å². The molecule has 5 nitrogen and oxygen atoms in total. The van der Waals surface area contributed by atoms with E-state index in [9.17, 15) is 9.59 Å². The number of ether oxygens (including phenoxy) is 1. The first-order valence-electron chi connectivity index (χ1n) is 8.17. The van der Waals surface area contributed by atoms with Gasteiger partial charge in [0, 0.05) is 23.7 Å². The van der Waals surface area contributed by atoms with Gasteiger partial charge in [-0.25, -0.2) is 0 Å². The summed E-state index contributed by atoms with van der Waals surface area (Å²) in [7, 11) is 0. The molecule has 1 saturated heterocycles. The van der Waals surface area contributed by atoms with E-state index in [2.05, 4.69) is 5.32 Å². The van der Waals surface area contributed by atoms with Gasteiger partial charge >= 0.3 is 0 Å². The molecule has 0 aliphatic carbocycles. The summed E-state index contributed by atoms with van der Waals surface area (Å²) in [5.41, 5.74) is 1.32. The summed E-state index contributed by atoms with van der Waals surface area (Å²) in [5.74, 6) is -0.0684. The number of carbonyl (C=O) groups is 2. The van der Waals surface area contributed by atoms with Crippen molar-refractivity contribution in [3.05, 3.63) is 53.6 Å². The highest BCUT2D eigenvalue weighted by molar-refractivity contribution is 6.31. The second kappa shape index (κ2) is 7.57. The Bertz CT molecular complexity index is 794. The predicted octanol–water partition coefficient (Wildman–Crippen LogP) is 3.73. The monoisotopic (exact) mass is 358 g/mol. The topological polar surface area (TPSA) is 58.6 Å². The molecule has 1 heterocycles. The summed E-state index contributed by atoms with van der Waals surface area (Å²) in [6, 6.07) is 14.3. The van der Waals surface area contributed by atoms with E-state index in [1.54, 1.807) is 35.2 Å². The minimum absolute atomic E-state index is 0.0829. The van der Waals surface area contributed by atoms with Crippen LogP contribution in [-0.2, 0) is 9.59 Å². The number of amides is 2. The highest BCUT2D eigenvalue weighted by Crippen LogP contribution is 2.29. The summed E-state index contributed by atoms with van der Waals surface area (Å²) in [6.07, 6.45) is 0.176. The molecule has 1 aliphatic rings. The smallest absolute Gasteiger partial charge is 0.229 e. The van der Waals surface area contributed by atoms with E-state index in [0.29, 0.717) is 35.3 Å². The van der Waals surface area contributed by atoms with E-state index in [-0.39, 0.29) is 18.2 Å². The fourth-order valence-electron chi connectivity index (χ4n) is 2.86. The molecule has 0 radical (unpaired) electrons. The molecular formula is C19H19ClN2O3. The molecule has 1 fully saturated rings. The van der Waals surface area contributed by atoms with E-state index < -0.39 is 5.92 Å². The summed E-state index contributed by atoms with van der Waals surface area (Å²) >= 11 is 5.99. The molecule has 2 aromatic rings. The van der Waals surface area contributed by atoms with Crippen LogP contribution in [0.2, 0.25) is 5.02 Å². The number of rotatable bonds is 5. The van der Waals surface area contributed by atoms with Crippen molar-refractivity contribution in [1.29, 1.82) is 0 Å². The van der Waals surface area contributed by atoms with Crippen LogP contribution in [0.25, 0.3) is 0 Å². The van der Waals surface area contributed by atoms with Crippen molar-refractivity contribution in [3.63, 3.8) is 0 Å². The van der Waals surface area contributed by atoms with E-state index in [0.717, 1.165) is 0 Å². The van der Waals surface area contributed by atoms with Crippen molar-refractivity contribution < 1.29 is 14.3 Å². The van der Waals surface area contributed by atoms with Crippen molar-refractivity contribution in [2.24, 2.45) is 5.92 Å². The first-order valence-corrected chi connectivity index (χ1v) is 8.55. The Hall–Kier alpha value is -2.53. The molecule has 25 heavy (non-hydrogen) atoms. The lowest BCUT2D eigenvalue weighted by molar-refractivity contribution is -0.122. The number of nitrogens with one attached hydrogen (secondary N) is 1. The zero-order valence-electron chi connectivity index (χ0n) is 13.9. The Morgan fingerprint density at radius 2 is 2.08 bits per heavy atom. The minimum atomic E-state index is -0.416. The molecule has 1 atom stereocenters. The molecule has 0 aromatic heterocycles. The normalized spacial score (nSPS) is 16.8. The first-order chi connectivity index (χ1) is 12.1. The fraction of sp³-hybridized carbons (Fsp3) is 0.263. The molecular weight excluding hydrogens is 340 g/mol. The lowest BCUT2D eigenvalue weighted by Gasteiger charge is -2.17. The van der Waals surface area contributed by atoms with Gasteiger partial charge in [0.05, 0.1) is 18.2 Å². The molecule has 0 bridgehead atoms. The third-order valence-electron chi connectivity index (χ3n) is 4.06. The number of carbonyl (C=O) groups excluding carboxylic acids is 2. The van der Waals surface area contributed by atoms with Gasteiger partial charge in [0.1, 0.15) is 5.75 Å². The number of halogens is 1. The van der Waals surface area contributed by atoms with Gasteiger partial charge in [0.25, 0.3) is 0 Å². The molecule has 130 valence electrons. The molecule has 1 aliphatic heterocycles. The fourth-order valence-corrected chi connectivity index (χ4v) is 3.05. The van der Waals surface area contributed by atoms with Crippen molar-refractivity contribution >= 4 is 34.8 Å². The average Bonchev–Trinajstić information content (AvgIpc) is 2.99. The number of hydrogen-bond donors (Lipinski definition) is 1. The van der Waals surface area contributed by atoms with Gasteiger partial charge in [-0.15, -0.1) is 0 Å². The summed E-state index contributed by atoms with van der Waals surface area (Å²) in [4.78, 5) is 26.5. The van der Waals surface area contributed by atoms with Crippen LogP contribution >= 0.6 is 11.6 Å². The van der Waals surface area contributed by atoms with Crippen molar-refractivity contribution in [2.45, 2.75) is 13.3 Å². The number of benzene rings is 2. The van der Waals surface area contributed by atoms with Gasteiger partial charge in [0.2, 0.25) is 11.8 Å². The highest BCUT2D eigenvalue weighted by atomic mass is 35.5. The molecule has 1 N–H and O–H groups in total. The van der Waals surface area contributed by atoms with E-state index >= 15 is 0 Å². The van der Waals surface area contributed by atoms with Gasteiger partial charge in [-0.2, -0.15) is 0 Å². The Kier molecular flexibility index (Phi) is 5.24. The van der Waals surface area contributed by atoms with Crippen LogP contribution in [0.4, 0.5) is 11.4 Å². The summed E-state index contributed by atoms with van der Waals surface area (Å²) < 4.78 is 5.52. The van der Waals surface area contributed by atoms with Gasteiger partial charge in [0.15, 0.2) is 0 Å². The van der Waals surface area contributed by atoms with E-state index in [4.69, 9.17) is 16.3 Å². The molecule has 1 unspecified atom stereocenters. The van der Waals surface area contributed by atoms with Crippen molar-refractivity contribution in [3.8, 4) is 5.75 Å². The molecule has 0 saturated carbocycles. The van der Waals surface area contributed by atoms with E-state index in [1.165, 1.54) is 0 Å². The van der Waals surface area contributed by atoms with Crippen LogP contribution in [-0.4, -0.2) is 25.0 Å². The Labute approximate surface area is 151 Å². The maximum atomic E-state index is 12.6. The average molecular weight is 359 g/mol. The van der Waals surface area contributed by atoms with Crippen LogP contribution in [0.5, 0.6) is 5.75 Å². The minimum Gasteiger partial charge on any atom is -0.492 e. The molecule has 2 aromatic carbocycles. The van der Waals surface area contributed by atoms with Crippen molar-refractivity contribution in [2.75, 3.05) is 23.4 Å². The standard InChI is InChI=1S/C19H19ClN2O3/c1-2-25-17-9-4-3-8-16(17)21-19(24)13-10-18(23)22(12-13)15-7-5-6-14(20)11-15/h3-9,11,13H,2,10,12H2,1H3,(H,21,24). The van der Waals surface area contributed by atoms with E-state index in [1.807, 2.05) is 25.1 Å². The Morgan fingerprint density at radius 1 is 1.28 bits per heavy atom. The van der Waals surface area contributed by atoms with Crippen LogP contribution in [0, 0.1) is 5.92 Å². The van der Waals surface area contributed by atoms with Crippen LogP contribution < -0.4 is 15.0 Å². The summed E-state index contributed by atoms with van der Waals surface area (Å²) in [6.45, 7) is 2.73. The van der Waals surface area contributed by atoms with Crippen LogP contribution in [0.3, 0.4) is 0 Å². The number of anilines is 2. The second-order valence-corrected chi connectivity index (χ2v) is 6.24. The zero-order valence-corrected chi connectivity index (χ0v) is 14.6. The first kappa shape index (κ1) is 17.3. The SMILES string of the molecule is CCOc1ccccc1NC(=O)C1CC(=O)N(c2cccc(Cl)c2)C1. The van der Waals surface area contributed by atoms with Crippen LogP contribution in [0.1, 0.15) is 13.3 Å². The Balaban J connectivity index is 1.71.